The van der Waals surface area contributed by atoms with E-state index in [1.54, 1.807) is 18.2 Å². The van der Waals surface area contributed by atoms with Crippen molar-refractivity contribution in [1.82, 2.24) is 4.90 Å². The van der Waals surface area contributed by atoms with Crippen LogP contribution < -0.4 is 4.74 Å². The largest absolute Gasteiger partial charge is 0.492 e. The van der Waals surface area contributed by atoms with E-state index >= 15 is 0 Å². The summed E-state index contributed by atoms with van der Waals surface area (Å²) in [7, 11) is 2.03. The monoisotopic (exact) mass is 237 g/mol. The van der Waals surface area contributed by atoms with Gasteiger partial charge in [-0.05, 0) is 39.1 Å². The predicted octanol–water partition coefficient (Wildman–Crippen LogP) is 2.10. The van der Waals surface area contributed by atoms with Gasteiger partial charge in [0.05, 0.1) is 5.56 Å². The van der Waals surface area contributed by atoms with Crippen molar-refractivity contribution in [3.05, 3.63) is 29.8 Å². The van der Waals surface area contributed by atoms with Crippen molar-refractivity contribution in [3.63, 3.8) is 0 Å². The van der Waals surface area contributed by atoms with Crippen LogP contribution in [0.1, 0.15) is 24.2 Å². The van der Waals surface area contributed by atoms with Gasteiger partial charge in [-0.1, -0.05) is 6.07 Å². The standard InChI is InChI=1S/C13H19NO3/c1-10(2)14(3)7-8-17-12-6-4-5-11(9-12)13(15)16/h4-6,9-10H,7-8H2,1-3H3,(H,15,16). The van der Waals surface area contributed by atoms with Crippen LogP contribution in [0.5, 0.6) is 5.75 Å². The molecule has 1 N–H and O–H groups in total. The van der Waals surface area contributed by atoms with Gasteiger partial charge in [0.1, 0.15) is 12.4 Å². The minimum atomic E-state index is -0.935. The summed E-state index contributed by atoms with van der Waals surface area (Å²) in [6.45, 7) is 5.60. The Kier molecular flexibility index (Phi) is 4.97. The van der Waals surface area contributed by atoms with Crippen molar-refractivity contribution in [3.8, 4) is 5.75 Å². The van der Waals surface area contributed by atoms with E-state index in [9.17, 15) is 4.79 Å². The molecule has 17 heavy (non-hydrogen) atoms. The first-order valence-corrected chi connectivity index (χ1v) is 5.67. The number of ether oxygens (including phenoxy) is 1. The maximum Gasteiger partial charge on any atom is 0.335 e. The summed E-state index contributed by atoms with van der Waals surface area (Å²) in [5.41, 5.74) is 0.250. The van der Waals surface area contributed by atoms with E-state index in [0.29, 0.717) is 18.4 Å². The van der Waals surface area contributed by atoms with Crippen molar-refractivity contribution in [1.29, 1.82) is 0 Å². The maximum atomic E-state index is 10.8. The molecule has 0 saturated carbocycles. The summed E-state index contributed by atoms with van der Waals surface area (Å²) in [5.74, 6) is -0.336. The number of nitrogens with zero attached hydrogens (tertiary/aromatic N) is 1. The van der Waals surface area contributed by atoms with Crippen LogP contribution in [0.15, 0.2) is 24.3 Å². The van der Waals surface area contributed by atoms with E-state index in [1.165, 1.54) is 6.07 Å². The molecule has 1 aromatic carbocycles. The van der Waals surface area contributed by atoms with Crippen LogP contribution >= 0.6 is 0 Å². The molecular formula is C13H19NO3. The number of aromatic carboxylic acids is 1. The lowest BCUT2D eigenvalue weighted by atomic mass is 10.2. The average molecular weight is 237 g/mol. The first kappa shape index (κ1) is 13.5. The molecule has 0 unspecified atom stereocenters. The summed E-state index contributed by atoms with van der Waals surface area (Å²) in [4.78, 5) is 12.9. The van der Waals surface area contributed by atoms with Crippen molar-refractivity contribution < 1.29 is 14.6 Å². The molecule has 0 aliphatic heterocycles. The van der Waals surface area contributed by atoms with Gasteiger partial charge in [-0.2, -0.15) is 0 Å². The minimum absolute atomic E-state index is 0.250. The van der Waals surface area contributed by atoms with Crippen molar-refractivity contribution in [2.75, 3.05) is 20.2 Å². The fraction of sp³-hybridized carbons (Fsp3) is 0.462. The molecule has 0 atom stereocenters. The normalized spacial score (nSPS) is 10.9. The highest BCUT2D eigenvalue weighted by atomic mass is 16.5. The highest BCUT2D eigenvalue weighted by molar-refractivity contribution is 5.87. The van der Waals surface area contributed by atoms with E-state index in [4.69, 9.17) is 9.84 Å². The third kappa shape index (κ3) is 4.44. The van der Waals surface area contributed by atoms with Crippen LogP contribution in [0.2, 0.25) is 0 Å². The van der Waals surface area contributed by atoms with E-state index in [-0.39, 0.29) is 5.56 Å². The molecule has 0 radical (unpaired) electrons. The van der Waals surface area contributed by atoms with Gasteiger partial charge in [0, 0.05) is 12.6 Å². The van der Waals surface area contributed by atoms with Gasteiger partial charge in [-0.3, -0.25) is 0 Å². The smallest absolute Gasteiger partial charge is 0.335 e. The fourth-order valence-electron chi connectivity index (χ4n) is 1.28. The Hall–Kier alpha value is -1.55. The van der Waals surface area contributed by atoms with Crippen LogP contribution in [0.25, 0.3) is 0 Å². The number of hydrogen-bond acceptors (Lipinski definition) is 3. The van der Waals surface area contributed by atoms with Gasteiger partial charge in [-0.25, -0.2) is 4.79 Å². The number of likely N-dealkylation sites (N-methyl/N-ethyl adjacent to an activating group) is 1. The van der Waals surface area contributed by atoms with E-state index in [2.05, 4.69) is 18.7 Å². The molecule has 0 saturated heterocycles. The molecule has 0 aliphatic carbocycles. The second-order valence-electron chi connectivity index (χ2n) is 4.26. The Morgan fingerprint density at radius 2 is 2.18 bits per heavy atom. The second kappa shape index (κ2) is 6.25. The third-order valence-corrected chi connectivity index (χ3v) is 2.68. The Bertz CT molecular complexity index is 377. The van der Waals surface area contributed by atoms with Crippen LogP contribution in [0.4, 0.5) is 0 Å². The van der Waals surface area contributed by atoms with E-state index in [0.717, 1.165) is 6.54 Å². The quantitative estimate of drug-likeness (QED) is 0.823. The molecule has 0 amide bonds. The molecular weight excluding hydrogens is 218 g/mol. The maximum absolute atomic E-state index is 10.8. The van der Waals surface area contributed by atoms with Gasteiger partial charge >= 0.3 is 5.97 Å². The molecule has 0 spiro atoms. The summed E-state index contributed by atoms with van der Waals surface area (Å²) >= 11 is 0. The molecule has 1 rings (SSSR count). The fourth-order valence-corrected chi connectivity index (χ4v) is 1.28. The van der Waals surface area contributed by atoms with Gasteiger partial charge in [0.15, 0.2) is 0 Å². The first-order valence-electron chi connectivity index (χ1n) is 5.67. The lowest BCUT2D eigenvalue weighted by Gasteiger charge is -2.20. The molecule has 1 aromatic rings. The number of hydrogen-bond donors (Lipinski definition) is 1. The topological polar surface area (TPSA) is 49.8 Å². The Labute approximate surface area is 102 Å². The third-order valence-electron chi connectivity index (χ3n) is 2.68. The minimum Gasteiger partial charge on any atom is -0.492 e. The van der Waals surface area contributed by atoms with E-state index in [1.807, 2.05) is 7.05 Å². The van der Waals surface area contributed by atoms with Crippen LogP contribution in [0, 0.1) is 0 Å². The molecule has 4 heteroatoms. The molecule has 4 nitrogen and oxygen atoms in total. The number of carbonyl (C=O) groups is 1. The van der Waals surface area contributed by atoms with Crippen molar-refractivity contribution in [2.45, 2.75) is 19.9 Å². The van der Waals surface area contributed by atoms with Crippen molar-refractivity contribution in [2.24, 2.45) is 0 Å². The predicted molar refractivity (Wildman–Crippen MR) is 66.7 cm³/mol. The van der Waals surface area contributed by atoms with Crippen molar-refractivity contribution >= 4 is 5.97 Å². The Balaban J connectivity index is 2.47. The molecule has 94 valence electrons. The number of rotatable bonds is 6. The van der Waals surface area contributed by atoms with Crippen LogP contribution in [0.3, 0.4) is 0 Å². The summed E-state index contributed by atoms with van der Waals surface area (Å²) in [6.07, 6.45) is 0. The average Bonchev–Trinajstić information content (AvgIpc) is 2.29. The zero-order valence-corrected chi connectivity index (χ0v) is 10.5. The van der Waals surface area contributed by atoms with Gasteiger partial charge in [-0.15, -0.1) is 0 Å². The zero-order chi connectivity index (χ0) is 12.8. The Morgan fingerprint density at radius 1 is 1.47 bits per heavy atom. The van der Waals surface area contributed by atoms with Gasteiger partial charge < -0.3 is 14.7 Å². The molecule has 0 aromatic heterocycles. The molecule has 0 heterocycles. The van der Waals surface area contributed by atoms with Gasteiger partial charge in [0.2, 0.25) is 0 Å². The number of benzene rings is 1. The summed E-state index contributed by atoms with van der Waals surface area (Å²) in [6, 6.07) is 7.02. The summed E-state index contributed by atoms with van der Waals surface area (Å²) < 4.78 is 5.51. The second-order valence-corrected chi connectivity index (χ2v) is 4.26. The number of carboxylic acids is 1. The molecule has 0 bridgehead atoms. The lowest BCUT2D eigenvalue weighted by molar-refractivity contribution is 0.0696. The van der Waals surface area contributed by atoms with E-state index < -0.39 is 5.97 Å². The summed E-state index contributed by atoms with van der Waals surface area (Å²) in [5, 5.41) is 8.83. The highest BCUT2D eigenvalue weighted by Crippen LogP contribution is 2.13. The first-order chi connectivity index (χ1) is 8.00. The molecule has 0 fully saturated rings. The number of carboxylic acid groups (broad SMARTS) is 1. The van der Waals surface area contributed by atoms with Crippen LogP contribution in [-0.4, -0.2) is 42.2 Å². The highest BCUT2D eigenvalue weighted by Gasteiger charge is 2.05. The lowest BCUT2D eigenvalue weighted by Crippen LogP contribution is -2.30. The SMILES string of the molecule is CC(C)N(C)CCOc1cccc(C(=O)O)c1. The van der Waals surface area contributed by atoms with Gasteiger partial charge in [0.25, 0.3) is 0 Å². The molecule has 0 aliphatic rings. The van der Waals surface area contributed by atoms with Crippen LogP contribution in [-0.2, 0) is 0 Å². The Morgan fingerprint density at radius 3 is 2.76 bits per heavy atom. The zero-order valence-electron chi connectivity index (χ0n) is 10.5.